The van der Waals surface area contributed by atoms with Gasteiger partial charge in [-0.2, -0.15) is 0 Å². The Labute approximate surface area is 116 Å². The number of aryl methyl sites for hydroxylation is 1. The van der Waals surface area contributed by atoms with Crippen molar-refractivity contribution in [2.75, 3.05) is 5.32 Å². The van der Waals surface area contributed by atoms with Crippen molar-refractivity contribution in [3.8, 4) is 0 Å². The maximum Gasteiger partial charge on any atom is 0.0494 e. The quantitative estimate of drug-likeness (QED) is 0.793. The number of thiophene rings is 1. The second-order valence-electron chi connectivity index (χ2n) is 3.57. The van der Waals surface area contributed by atoms with Crippen LogP contribution in [-0.4, -0.2) is 0 Å². The van der Waals surface area contributed by atoms with E-state index in [1.54, 1.807) is 11.3 Å². The average Bonchev–Trinajstić information content (AvgIpc) is 2.66. The third-order valence-electron chi connectivity index (χ3n) is 2.20. The zero-order valence-electron chi connectivity index (χ0n) is 8.76. The standard InChI is InChI=1S/C12H11Br2NS/c1-8-2-3-11(14)12(4-8)15-6-10-5-9(13)7-16-10/h2-5,7,15H,6H2,1H3. The smallest absolute Gasteiger partial charge is 0.0494 e. The van der Waals surface area contributed by atoms with Gasteiger partial charge in [-0.15, -0.1) is 11.3 Å². The van der Waals surface area contributed by atoms with E-state index < -0.39 is 0 Å². The summed E-state index contributed by atoms with van der Waals surface area (Å²) in [5.74, 6) is 0. The van der Waals surface area contributed by atoms with Crippen LogP contribution in [0.4, 0.5) is 5.69 Å². The fraction of sp³-hybridized carbons (Fsp3) is 0.167. The molecular weight excluding hydrogens is 350 g/mol. The van der Waals surface area contributed by atoms with E-state index in [2.05, 4.69) is 73.7 Å². The van der Waals surface area contributed by atoms with Gasteiger partial charge in [-0.3, -0.25) is 0 Å². The molecule has 0 aliphatic rings. The first kappa shape index (κ1) is 12.1. The Bertz CT molecular complexity index is 494. The van der Waals surface area contributed by atoms with Crippen LogP contribution in [0.2, 0.25) is 0 Å². The molecule has 0 unspecified atom stereocenters. The Morgan fingerprint density at radius 1 is 1.25 bits per heavy atom. The highest BCUT2D eigenvalue weighted by atomic mass is 79.9. The van der Waals surface area contributed by atoms with Gasteiger partial charge < -0.3 is 5.32 Å². The molecule has 1 heterocycles. The van der Waals surface area contributed by atoms with Crippen LogP contribution < -0.4 is 5.32 Å². The van der Waals surface area contributed by atoms with Gasteiger partial charge in [-0.05, 0) is 62.5 Å². The molecule has 0 fully saturated rings. The predicted octanol–water partition coefficient (Wildman–Crippen LogP) is 5.19. The van der Waals surface area contributed by atoms with E-state index in [9.17, 15) is 0 Å². The summed E-state index contributed by atoms with van der Waals surface area (Å²) in [4.78, 5) is 1.32. The van der Waals surface area contributed by atoms with Crippen LogP contribution in [-0.2, 0) is 6.54 Å². The highest BCUT2D eigenvalue weighted by molar-refractivity contribution is 9.10. The summed E-state index contributed by atoms with van der Waals surface area (Å²) in [7, 11) is 0. The van der Waals surface area contributed by atoms with E-state index in [-0.39, 0.29) is 0 Å². The number of halogens is 2. The van der Waals surface area contributed by atoms with E-state index >= 15 is 0 Å². The van der Waals surface area contributed by atoms with Gasteiger partial charge in [0, 0.05) is 31.4 Å². The Kier molecular flexibility index (Phi) is 4.05. The van der Waals surface area contributed by atoms with Crippen LogP contribution in [0.15, 0.2) is 38.6 Å². The first-order valence-corrected chi connectivity index (χ1v) is 7.34. The molecule has 0 aliphatic heterocycles. The molecule has 1 aromatic heterocycles. The van der Waals surface area contributed by atoms with Crippen molar-refractivity contribution in [3.63, 3.8) is 0 Å². The lowest BCUT2D eigenvalue weighted by Gasteiger charge is -2.08. The largest absolute Gasteiger partial charge is 0.379 e. The van der Waals surface area contributed by atoms with Crippen LogP contribution >= 0.6 is 43.2 Å². The normalized spacial score (nSPS) is 10.4. The molecule has 4 heteroatoms. The van der Waals surface area contributed by atoms with E-state index in [0.717, 1.165) is 21.2 Å². The fourth-order valence-electron chi connectivity index (χ4n) is 1.40. The van der Waals surface area contributed by atoms with Crippen LogP contribution in [0.3, 0.4) is 0 Å². The van der Waals surface area contributed by atoms with Crippen molar-refractivity contribution in [2.45, 2.75) is 13.5 Å². The second kappa shape index (κ2) is 5.34. The number of hydrogen-bond donors (Lipinski definition) is 1. The minimum atomic E-state index is 0.859. The summed E-state index contributed by atoms with van der Waals surface area (Å²) in [6.07, 6.45) is 0. The number of hydrogen-bond acceptors (Lipinski definition) is 2. The van der Waals surface area contributed by atoms with Crippen molar-refractivity contribution in [2.24, 2.45) is 0 Å². The summed E-state index contributed by atoms with van der Waals surface area (Å²) in [6.45, 7) is 2.96. The topological polar surface area (TPSA) is 12.0 Å². The van der Waals surface area contributed by atoms with Gasteiger partial charge in [0.05, 0.1) is 0 Å². The lowest BCUT2D eigenvalue weighted by Crippen LogP contribution is -1.98. The second-order valence-corrected chi connectivity index (χ2v) is 6.33. The zero-order chi connectivity index (χ0) is 11.5. The highest BCUT2D eigenvalue weighted by Gasteiger charge is 2.01. The molecule has 84 valence electrons. The molecule has 0 spiro atoms. The van der Waals surface area contributed by atoms with E-state index in [1.807, 2.05) is 0 Å². The van der Waals surface area contributed by atoms with Crippen molar-refractivity contribution < 1.29 is 0 Å². The number of rotatable bonds is 3. The summed E-state index contributed by atoms with van der Waals surface area (Å²) >= 11 is 8.75. The monoisotopic (exact) mass is 359 g/mol. The van der Waals surface area contributed by atoms with Crippen molar-refractivity contribution in [3.05, 3.63) is 49.0 Å². The van der Waals surface area contributed by atoms with Gasteiger partial charge in [0.2, 0.25) is 0 Å². The molecule has 0 saturated heterocycles. The fourth-order valence-corrected chi connectivity index (χ4v) is 3.18. The van der Waals surface area contributed by atoms with Gasteiger partial charge in [0.1, 0.15) is 0 Å². The van der Waals surface area contributed by atoms with Crippen molar-refractivity contribution in [1.29, 1.82) is 0 Å². The molecule has 2 aromatic rings. The van der Waals surface area contributed by atoms with Crippen molar-refractivity contribution in [1.82, 2.24) is 0 Å². The Morgan fingerprint density at radius 3 is 2.75 bits per heavy atom. The molecule has 2 rings (SSSR count). The van der Waals surface area contributed by atoms with E-state index in [0.29, 0.717) is 0 Å². The number of benzene rings is 1. The summed E-state index contributed by atoms with van der Waals surface area (Å²) in [6, 6.07) is 8.45. The molecule has 0 aliphatic carbocycles. The van der Waals surface area contributed by atoms with Crippen LogP contribution in [0.5, 0.6) is 0 Å². The lowest BCUT2D eigenvalue weighted by molar-refractivity contribution is 1.18. The van der Waals surface area contributed by atoms with Crippen LogP contribution in [0, 0.1) is 6.92 Å². The SMILES string of the molecule is Cc1ccc(Br)c(NCc2cc(Br)cs2)c1. The highest BCUT2D eigenvalue weighted by Crippen LogP contribution is 2.25. The minimum Gasteiger partial charge on any atom is -0.379 e. The molecule has 0 radical (unpaired) electrons. The molecule has 0 saturated carbocycles. The zero-order valence-corrected chi connectivity index (χ0v) is 12.7. The number of anilines is 1. The van der Waals surface area contributed by atoms with Crippen LogP contribution in [0.1, 0.15) is 10.4 Å². The van der Waals surface area contributed by atoms with Crippen LogP contribution in [0.25, 0.3) is 0 Å². The molecule has 0 atom stereocenters. The molecule has 1 aromatic carbocycles. The van der Waals surface area contributed by atoms with Gasteiger partial charge >= 0.3 is 0 Å². The van der Waals surface area contributed by atoms with Crippen molar-refractivity contribution >= 4 is 48.9 Å². The molecule has 16 heavy (non-hydrogen) atoms. The maximum absolute atomic E-state index is 3.54. The summed E-state index contributed by atoms with van der Waals surface area (Å²) < 4.78 is 2.26. The lowest BCUT2D eigenvalue weighted by atomic mass is 10.2. The first-order valence-electron chi connectivity index (χ1n) is 4.88. The molecule has 0 bridgehead atoms. The van der Waals surface area contributed by atoms with Gasteiger partial charge in [0.25, 0.3) is 0 Å². The Balaban J connectivity index is 2.07. The third kappa shape index (κ3) is 3.09. The van der Waals surface area contributed by atoms with Gasteiger partial charge in [0.15, 0.2) is 0 Å². The third-order valence-corrected chi connectivity index (χ3v) is 4.59. The molecule has 1 N–H and O–H groups in total. The van der Waals surface area contributed by atoms with Gasteiger partial charge in [-0.1, -0.05) is 6.07 Å². The average molecular weight is 361 g/mol. The molecule has 0 amide bonds. The minimum absolute atomic E-state index is 0.859. The summed E-state index contributed by atoms with van der Waals surface area (Å²) in [5, 5.41) is 5.53. The Morgan fingerprint density at radius 2 is 2.06 bits per heavy atom. The van der Waals surface area contributed by atoms with E-state index in [4.69, 9.17) is 0 Å². The first-order chi connectivity index (χ1) is 7.65. The van der Waals surface area contributed by atoms with E-state index in [1.165, 1.54) is 10.4 Å². The predicted molar refractivity (Wildman–Crippen MR) is 78.2 cm³/mol. The summed E-state index contributed by atoms with van der Waals surface area (Å²) in [5.41, 5.74) is 2.41. The molecule has 1 nitrogen and oxygen atoms in total. The number of nitrogens with one attached hydrogen (secondary N) is 1. The van der Waals surface area contributed by atoms with Gasteiger partial charge in [-0.25, -0.2) is 0 Å². The maximum atomic E-state index is 3.54. The molecular formula is C12H11Br2NS. The Hall–Kier alpha value is -0.320.